The van der Waals surface area contributed by atoms with Gasteiger partial charge in [0.1, 0.15) is 0 Å². The summed E-state index contributed by atoms with van der Waals surface area (Å²) in [5.41, 5.74) is 0. The predicted octanol–water partition coefficient (Wildman–Crippen LogP) is 0.00440. The van der Waals surface area contributed by atoms with E-state index in [0.29, 0.717) is 5.92 Å². The van der Waals surface area contributed by atoms with Crippen LogP contribution in [0.1, 0.15) is 13.8 Å². The van der Waals surface area contributed by atoms with E-state index < -0.39 is 0 Å². The van der Waals surface area contributed by atoms with E-state index >= 15 is 0 Å². The fraction of sp³-hybridized carbons (Fsp3) is 0.909. The molecule has 15 heavy (non-hydrogen) atoms. The number of amides is 1. The Morgan fingerprint density at radius 3 is 2.73 bits per heavy atom. The average molecular weight is 213 g/mol. The third-order valence-corrected chi connectivity index (χ3v) is 2.78. The quantitative estimate of drug-likeness (QED) is 0.717. The van der Waals surface area contributed by atoms with Crippen molar-refractivity contribution in [3.8, 4) is 0 Å². The van der Waals surface area contributed by atoms with Gasteiger partial charge in [-0.3, -0.25) is 4.79 Å². The van der Waals surface area contributed by atoms with Crippen molar-refractivity contribution in [1.29, 1.82) is 0 Å². The molecule has 0 saturated carbocycles. The molecule has 2 unspecified atom stereocenters. The fourth-order valence-electron chi connectivity index (χ4n) is 1.97. The van der Waals surface area contributed by atoms with Gasteiger partial charge >= 0.3 is 0 Å². The fourth-order valence-corrected chi connectivity index (χ4v) is 1.97. The number of hydrogen-bond acceptors (Lipinski definition) is 3. The lowest BCUT2D eigenvalue weighted by molar-refractivity contribution is -0.133. The monoisotopic (exact) mass is 213 g/mol. The van der Waals surface area contributed by atoms with Gasteiger partial charge in [0.15, 0.2) is 0 Å². The van der Waals surface area contributed by atoms with E-state index in [0.717, 1.165) is 26.2 Å². The summed E-state index contributed by atoms with van der Waals surface area (Å²) in [5, 5.41) is 3.34. The molecule has 2 atom stereocenters. The van der Waals surface area contributed by atoms with Crippen molar-refractivity contribution in [3.63, 3.8) is 0 Å². The Hall–Kier alpha value is -0.610. The molecule has 1 saturated heterocycles. The Bertz CT molecular complexity index is 218. The first-order chi connectivity index (χ1) is 7.04. The molecule has 4 nitrogen and oxygen atoms in total. The topological polar surface area (TPSA) is 35.6 Å². The molecule has 0 bridgehead atoms. The number of carbonyl (C=O) groups is 1. The second kappa shape index (κ2) is 5.47. The van der Waals surface area contributed by atoms with Crippen LogP contribution < -0.4 is 5.32 Å². The lowest BCUT2D eigenvalue weighted by atomic mass is 10.2. The van der Waals surface area contributed by atoms with E-state index in [-0.39, 0.29) is 11.9 Å². The number of nitrogens with one attached hydrogen (secondary N) is 1. The number of nitrogens with zero attached hydrogens (tertiary/aromatic N) is 2. The van der Waals surface area contributed by atoms with E-state index in [9.17, 15) is 4.79 Å². The van der Waals surface area contributed by atoms with Gasteiger partial charge in [-0.25, -0.2) is 0 Å². The number of hydrogen-bond donors (Lipinski definition) is 1. The first kappa shape index (κ1) is 12.5. The van der Waals surface area contributed by atoms with E-state index in [4.69, 9.17) is 0 Å². The van der Waals surface area contributed by atoms with Gasteiger partial charge in [0.05, 0.1) is 6.04 Å². The Morgan fingerprint density at radius 2 is 2.20 bits per heavy atom. The Morgan fingerprint density at radius 1 is 1.53 bits per heavy atom. The summed E-state index contributed by atoms with van der Waals surface area (Å²) in [6, 6.07) is -0.0371. The third kappa shape index (κ3) is 3.47. The standard InChI is InChI=1S/C11H23N3O/c1-5-14-7-9(2)6-12-10(11(14)15)8-13(3)4/h9-10,12H,5-8H2,1-4H3. The largest absolute Gasteiger partial charge is 0.341 e. The Labute approximate surface area is 92.6 Å². The van der Waals surface area contributed by atoms with Crippen molar-refractivity contribution in [2.75, 3.05) is 40.3 Å². The normalized spacial score (nSPS) is 28.3. The van der Waals surface area contributed by atoms with Gasteiger partial charge in [0.2, 0.25) is 5.91 Å². The van der Waals surface area contributed by atoms with Gasteiger partial charge < -0.3 is 15.1 Å². The molecule has 1 N–H and O–H groups in total. The molecule has 1 fully saturated rings. The molecule has 0 aliphatic carbocycles. The highest BCUT2D eigenvalue weighted by Gasteiger charge is 2.28. The SMILES string of the molecule is CCN1CC(C)CNC(CN(C)C)C1=O. The van der Waals surface area contributed by atoms with Gasteiger partial charge in [0, 0.05) is 26.2 Å². The van der Waals surface area contributed by atoms with Crippen molar-refractivity contribution >= 4 is 5.91 Å². The lowest BCUT2D eigenvalue weighted by Gasteiger charge is -2.25. The van der Waals surface area contributed by atoms with Crippen LogP contribution in [-0.2, 0) is 4.79 Å². The molecule has 0 radical (unpaired) electrons. The molecule has 0 aromatic heterocycles. The first-order valence-electron chi connectivity index (χ1n) is 5.71. The molecule has 1 amide bonds. The number of rotatable bonds is 3. The maximum atomic E-state index is 12.1. The Kier molecular flexibility index (Phi) is 4.54. The minimum atomic E-state index is -0.0371. The third-order valence-electron chi connectivity index (χ3n) is 2.78. The number of likely N-dealkylation sites (N-methyl/N-ethyl adjacent to an activating group) is 2. The van der Waals surface area contributed by atoms with Gasteiger partial charge in [-0.1, -0.05) is 6.92 Å². The van der Waals surface area contributed by atoms with Gasteiger partial charge in [-0.05, 0) is 26.9 Å². The van der Waals surface area contributed by atoms with Crippen LogP contribution in [0.5, 0.6) is 0 Å². The van der Waals surface area contributed by atoms with Crippen LogP contribution in [0.15, 0.2) is 0 Å². The molecule has 1 aliphatic rings. The zero-order valence-corrected chi connectivity index (χ0v) is 10.3. The molecular formula is C11H23N3O. The summed E-state index contributed by atoms with van der Waals surface area (Å²) in [6.45, 7) is 7.63. The minimum Gasteiger partial charge on any atom is -0.341 e. The van der Waals surface area contributed by atoms with Crippen molar-refractivity contribution in [3.05, 3.63) is 0 Å². The highest BCUT2D eigenvalue weighted by atomic mass is 16.2. The van der Waals surface area contributed by atoms with Crippen LogP contribution in [0.4, 0.5) is 0 Å². The second-order valence-electron chi connectivity index (χ2n) is 4.71. The van der Waals surface area contributed by atoms with Crippen molar-refractivity contribution in [1.82, 2.24) is 15.1 Å². The Balaban J connectivity index is 2.66. The van der Waals surface area contributed by atoms with Crippen LogP contribution in [-0.4, -0.2) is 62.0 Å². The van der Waals surface area contributed by atoms with Crippen LogP contribution >= 0.6 is 0 Å². The van der Waals surface area contributed by atoms with E-state index in [1.165, 1.54) is 0 Å². The highest BCUT2D eigenvalue weighted by molar-refractivity contribution is 5.82. The molecule has 4 heteroatoms. The molecule has 1 aliphatic heterocycles. The maximum absolute atomic E-state index is 12.1. The van der Waals surface area contributed by atoms with Crippen LogP contribution in [0.25, 0.3) is 0 Å². The summed E-state index contributed by atoms with van der Waals surface area (Å²) in [5.74, 6) is 0.789. The van der Waals surface area contributed by atoms with E-state index in [2.05, 4.69) is 17.1 Å². The highest BCUT2D eigenvalue weighted by Crippen LogP contribution is 2.07. The molecule has 0 spiro atoms. The number of carbonyl (C=O) groups excluding carboxylic acids is 1. The summed E-state index contributed by atoms with van der Waals surface area (Å²) >= 11 is 0. The van der Waals surface area contributed by atoms with Crippen molar-refractivity contribution < 1.29 is 4.79 Å². The molecule has 0 aromatic carbocycles. The minimum absolute atomic E-state index is 0.0371. The molecule has 1 heterocycles. The average Bonchev–Trinajstić information content (AvgIpc) is 2.30. The molecule has 1 rings (SSSR count). The summed E-state index contributed by atoms with van der Waals surface area (Å²) in [7, 11) is 4.00. The van der Waals surface area contributed by atoms with Gasteiger partial charge in [-0.2, -0.15) is 0 Å². The second-order valence-corrected chi connectivity index (χ2v) is 4.71. The van der Waals surface area contributed by atoms with Gasteiger partial charge in [0.25, 0.3) is 0 Å². The summed E-state index contributed by atoms with van der Waals surface area (Å²) in [6.07, 6.45) is 0. The molecule has 0 aromatic rings. The predicted molar refractivity (Wildman–Crippen MR) is 61.8 cm³/mol. The zero-order chi connectivity index (χ0) is 11.4. The summed E-state index contributed by atoms with van der Waals surface area (Å²) < 4.78 is 0. The molecular weight excluding hydrogens is 190 g/mol. The van der Waals surface area contributed by atoms with Crippen LogP contribution in [0.3, 0.4) is 0 Å². The smallest absolute Gasteiger partial charge is 0.241 e. The zero-order valence-electron chi connectivity index (χ0n) is 10.3. The van der Waals surface area contributed by atoms with Crippen LogP contribution in [0.2, 0.25) is 0 Å². The van der Waals surface area contributed by atoms with E-state index in [1.807, 2.05) is 25.9 Å². The molecule has 88 valence electrons. The van der Waals surface area contributed by atoms with Gasteiger partial charge in [-0.15, -0.1) is 0 Å². The lowest BCUT2D eigenvalue weighted by Crippen LogP contribution is -2.48. The van der Waals surface area contributed by atoms with Crippen molar-refractivity contribution in [2.45, 2.75) is 19.9 Å². The van der Waals surface area contributed by atoms with Crippen molar-refractivity contribution in [2.24, 2.45) is 5.92 Å². The maximum Gasteiger partial charge on any atom is 0.241 e. The van der Waals surface area contributed by atoms with E-state index in [1.54, 1.807) is 0 Å². The first-order valence-corrected chi connectivity index (χ1v) is 5.71. The van der Waals surface area contributed by atoms with Crippen LogP contribution in [0, 0.1) is 5.92 Å². The summed E-state index contributed by atoms with van der Waals surface area (Å²) in [4.78, 5) is 16.1.